The van der Waals surface area contributed by atoms with Gasteiger partial charge in [-0.25, -0.2) is 8.78 Å². The van der Waals surface area contributed by atoms with Gasteiger partial charge in [0.25, 0.3) is 6.43 Å². The second-order valence-electron chi connectivity index (χ2n) is 2.63. The molecule has 0 aliphatic carbocycles. The minimum Gasteiger partial charge on any atom is -0.363 e. The summed E-state index contributed by atoms with van der Waals surface area (Å²) in [5.41, 5.74) is 4.65. The normalized spacial score (nSPS) is 10.7. The molecule has 0 radical (unpaired) electrons. The minimum absolute atomic E-state index is 0.0558. The van der Waals surface area contributed by atoms with Gasteiger partial charge < -0.3 is 15.8 Å². The van der Waals surface area contributed by atoms with Crippen LogP contribution in [0.2, 0.25) is 0 Å². The van der Waals surface area contributed by atoms with E-state index in [2.05, 4.69) is 20.9 Å². The van der Waals surface area contributed by atoms with Crippen LogP contribution in [0.15, 0.2) is 6.07 Å². The van der Waals surface area contributed by atoms with Crippen molar-refractivity contribution in [3.05, 3.63) is 27.3 Å². The Bertz CT molecular complexity index is 400. The SMILES string of the molecule is Nc1cc(CBr)c(C(F)F)c([N+](=O)[O-])n1. The van der Waals surface area contributed by atoms with Gasteiger partial charge >= 0.3 is 5.82 Å². The summed E-state index contributed by atoms with van der Waals surface area (Å²) in [6, 6.07) is 1.18. The van der Waals surface area contributed by atoms with Crippen LogP contribution in [0.1, 0.15) is 17.6 Å². The van der Waals surface area contributed by atoms with E-state index in [4.69, 9.17) is 5.73 Å². The quantitative estimate of drug-likeness (QED) is 0.524. The van der Waals surface area contributed by atoms with Crippen LogP contribution in [0.3, 0.4) is 0 Å². The van der Waals surface area contributed by atoms with Crippen molar-refractivity contribution in [2.75, 3.05) is 5.73 Å². The van der Waals surface area contributed by atoms with E-state index < -0.39 is 22.7 Å². The Hall–Kier alpha value is -1.31. The molecule has 0 amide bonds. The van der Waals surface area contributed by atoms with Crippen molar-refractivity contribution < 1.29 is 13.7 Å². The van der Waals surface area contributed by atoms with E-state index in [0.29, 0.717) is 0 Å². The molecule has 0 spiro atoms. The number of nitrogen functional groups attached to an aromatic ring is 1. The van der Waals surface area contributed by atoms with Crippen LogP contribution in [0.5, 0.6) is 0 Å². The van der Waals surface area contributed by atoms with Crippen LogP contribution in [0.4, 0.5) is 20.4 Å². The Kier molecular flexibility index (Phi) is 3.51. The van der Waals surface area contributed by atoms with Crippen molar-refractivity contribution in [1.29, 1.82) is 0 Å². The molecule has 0 aromatic carbocycles. The highest BCUT2D eigenvalue weighted by Gasteiger charge is 2.27. The van der Waals surface area contributed by atoms with Gasteiger partial charge in [-0.1, -0.05) is 15.9 Å². The summed E-state index contributed by atoms with van der Waals surface area (Å²) in [4.78, 5) is 12.8. The lowest BCUT2D eigenvalue weighted by Crippen LogP contribution is -2.05. The van der Waals surface area contributed by atoms with Gasteiger partial charge in [-0.05, 0) is 15.5 Å². The maximum absolute atomic E-state index is 12.6. The van der Waals surface area contributed by atoms with Crippen LogP contribution in [0.25, 0.3) is 0 Å². The van der Waals surface area contributed by atoms with Gasteiger partial charge in [0.05, 0.1) is 0 Å². The molecular weight excluding hydrogens is 276 g/mol. The summed E-state index contributed by atoms with van der Waals surface area (Å²) in [5.74, 6) is -1.04. The molecule has 0 aliphatic rings. The summed E-state index contributed by atoms with van der Waals surface area (Å²) in [6.45, 7) is 0. The molecule has 1 heterocycles. The van der Waals surface area contributed by atoms with E-state index in [9.17, 15) is 18.9 Å². The summed E-state index contributed by atoms with van der Waals surface area (Å²) < 4.78 is 25.1. The molecule has 0 aliphatic heterocycles. The van der Waals surface area contributed by atoms with E-state index in [1.165, 1.54) is 6.07 Å². The Morgan fingerprint density at radius 2 is 2.27 bits per heavy atom. The highest BCUT2D eigenvalue weighted by molar-refractivity contribution is 9.08. The molecule has 0 unspecified atom stereocenters. The van der Waals surface area contributed by atoms with Crippen molar-refractivity contribution >= 4 is 27.6 Å². The zero-order valence-electron chi connectivity index (χ0n) is 7.28. The number of halogens is 3. The van der Waals surface area contributed by atoms with Crippen molar-refractivity contribution in [3.63, 3.8) is 0 Å². The lowest BCUT2D eigenvalue weighted by molar-refractivity contribution is -0.390. The number of pyridine rings is 1. The maximum atomic E-state index is 12.6. The number of nitrogens with two attached hydrogens (primary N) is 1. The number of nitro groups is 1. The molecule has 1 aromatic heterocycles. The van der Waals surface area contributed by atoms with E-state index in [0.717, 1.165) is 0 Å². The molecule has 5 nitrogen and oxygen atoms in total. The number of rotatable bonds is 3. The third-order valence-electron chi connectivity index (χ3n) is 1.68. The van der Waals surface area contributed by atoms with Gasteiger partial charge in [0.1, 0.15) is 5.56 Å². The Morgan fingerprint density at radius 3 is 2.67 bits per heavy atom. The van der Waals surface area contributed by atoms with Gasteiger partial charge in [0.2, 0.25) is 5.82 Å². The highest BCUT2D eigenvalue weighted by atomic mass is 79.9. The molecule has 0 bridgehead atoms. The summed E-state index contributed by atoms with van der Waals surface area (Å²) >= 11 is 2.95. The second-order valence-corrected chi connectivity index (χ2v) is 3.20. The number of aromatic nitrogens is 1. The molecule has 8 heteroatoms. The van der Waals surface area contributed by atoms with Crippen molar-refractivity contribution in [3.8, 4) is 0 Å². The molecule has 0 atom stereocenters. The molecular formula is C7H6BrF2N3O2. The van der Waals surface area contributed by atoms with Crippen LogP contribution in [0, 0.1) is 10.1 Å². The Morgan fingerprint density at radius 1 is 1.67 bits per heavy atom. The maximum Gasteiger partial charge on any atom is 0.375 e. The summed E-state index contributed by atoms with van der Waals surface area (Å²) in [5, 5.41) is 10.5. The number of hydrogen-bond acceptors (Lipinski definition) is 4. The van der Waals surface area contributed by atoms with Crippen LogP contribution >= 0.6 is 15.9 Å². The lowest BCUT2D eigenvalue weighted by atomic mass is 10.1. The van der Waals surface area contributed by atoms with Crippen LogP contribution in [-0.4, -0.2) is 9.91 Å². The fourth-order valence-electron chi connectivity index (χ4n) is 1.10. The summed E-state index contributed by atoms with van der Waals surface area (Å²) in [6.07, 6.45) is -2.95. The third kappa shape index (κ3) is 2.38. The van der Waals surface area contributed by atoms with Crippen LogP contribution in [-0.2, 0) is 5.33 Å². The van der Waals surface area contributed by atoms with Gasteiger partial charge in [-0.2, -0.15) is 0 Å². The third-order valence-corrected chi connectivity index (χ3v) is 2.28. The Balaban J connectivity index is 3.47. The number of hydrogen-bond donors (Lipinski definition) is 1. The zero-order chi connectivity index (χ0) is 11.6. The van der Waals surface area contributed by atoms with E-state index >= 15 is 0 Å². The average molecular weight is 282 g/mol. The first-order valence-corrected chi connectivity index (χ1v) is 4.87. The average Bonchev–Trinajstić information content (AvgIpc) is 2.15. The fraction of sp³-hybridized carbons (Fsp3) is 0.286. The van der Waals surface area contributed by atoms with Crippen molar-refractivity contribution in [2.24, 2.45) is 0 Å². The summed E-state index contributed by atoms with van der Waals surface area (Å²) in [7, 11) is 0. The van der Waals surface area contributed by atoms with E-state index in [1.54, 1.807) is 0 Å². The topological polar surface area (TPSA) is 82.0 Å². The number of nitrogens with zero attached hydrogens (tertiary/aromatic N) is 2. The minimum atomic E-state index is -2.95. The molecule has 15 heavy (non-hydrogen) atoms. The van der Waals surface area contributed by atoms with E-state index in [-0.39, 0.29) is 16.7 Å². The Labute approximate surface area is 91.6 Å². The molecule has 1 rings (SSSR count). The molecule has 0 fully saturated rings. The van der Waals surface area contributed by atoms with Gasteiger partial charge in [0, 0.05) is 11.4 Å². The van der Waals surface area contributed by atoms with Gasteiger partial charge in [-0.3, -0.25) is 0 Å². The first-order valence-electron chi connectivity index (χ1n) is 3.75. The van der Waals surface area contributed by atoms with Gasteiger partial charge in [-0.15, -0.1) is 0 Å². The van der Waals surface area contributed by atoms with Crippen LogP contribution < -0.4 is 5.73 Å². The first kappa shape index (κ1) is 11.8. The zero-order valence-corrected chi connectivity index (χ0v) is 8.87. The monoisotopic (exact) mass is 281 g/mol. The molecule has 1 aromatic rings. The standard InChI is InChI=1S/C7H6BrF2N3O2/c8-2-3-1-4(11)12-7(13(14)15)5(3)6(9)10/h1,6H,2H2,(H2,11,12). The fourth-order valence-corrected chi connectivity index (χ4v) is 1.57. The largest absolute Gasteiger partial charge is 0.375 e. The lowest BCUT2D eigenvalue weighted by Gasteiger charge is -2.06. The van der Waals surface area contributed by atoms with Crippen molar-refractivity contribution in [2.45, 2.75) is 11.8 Å². The first-order chi connectivity index (χ1) is 6.97. The number of alkyl halides is 3. The van der Waals surface area contributed by atoms with Gasteiger partial charge in [0.15, 0.2) is 0 Å². The predicted molar refractivity (Wildman–Crippen MR) is 52.9 cm³/mol. The number of anilines is 1. The highest BCUT2D eigenvalue weighted by Crippen LogP contribution is 2.32. The predicted octanol–water partition coefficient (Wildman–Crippen LogP) is 2.40. The van der Waals surface area contributed by atoms with E-state index in [1.807, 2.05) is 0 Å². The molecule has 2 N–H and O–H groups in total. The van der Waals surface area contributed by atoms with Crippen molar-refractivity contribution in [1.82, 2.24) is 4.98 Å². The molecule has 82 valence electrons. The molecule has 0 saturated carbocycles. The smallest absolute Gasteiger partial charge is 0.363 e. The second kappa shape index (κ2) is 4.47. The molecule has 0 saturated heterocycles.